The predicted molar refractivity (Wildman–Crippen MR) is 50.2 cm³/mol. The monoisotopic (exact) mass is 212 g/mol. The Morgan fingerprint density at radius 3 is 2.69 bits per heavy atom. The Morgan fingerprint density at radius 2 is 2.08 bits per heavy atom. The van der Waals surface area contributed by atoms with Crippen LogP contribution in [0.2, 0.25) is 10.0 Å². The van der Waals surface area contributed by atoms with Gasteiger partial charge in [-0.25, -0.2) is 9.67 Å². The van der Waals surface area contributed by atoms with E-state index in [-0.39, 0.29) is 0 Å². The summed E-state index contributed by atoms with van der Waals surface area (Å²) in [5.74, 6) is 0. The lowest BCUT2D eigenvalue weighted by Crippen LogP contribution is -1.93. The van der Waals surface area contributed by atoms with Crippen LogP contribution in [0.15, 0.2) is 24.5 Å². The van der Waals surface area contributed by atoms with Crippen LogP contribution in [0.4, 0.5) is 0 Å². The maximum atomic E-state index is 5.83. The lowest BCUT2D eigenvalue weighted by molar-refractivity contribution is 0.876. The fourth-order valence-electron chi connectivity index (χ4n) is 0.932. The van der Waals surface area contributed by atoms with Gasteiger partial charge in [0.15, 0.2) is 0 Å². The molecule has 1 aromatic carbocycles. The second-order valence-corrected chi connectivity index (χ2v) is 3.20. The van der Waals surface area contributed by atoms with Crippen LogP contribution in [0, 0.1) is 6.33 Å². The summed E-state index contributed by atoms with van der Waals surface area (Å²) in [6.07, 6.45) is 3.99. The number of nitrogens with zero attached hydrogens (tertiary/aromatic N) is 3. The van der Waals surface area contributed by atoms with E-state index in [0.29, 0.717) is 10.0 Å². The molecule has 0 N–H and O–H groups in total. The zero-order valence-corrected chi connectivity index (χ0v) is 7.92. The molecule has 0 unspecified atom stereocenters. The van der Waals surface area contributed by atoms with Crippen molar-refractivity contribution in [2.24, 2.45) is 0 Å². The molecule has 5 heteroatoms. The molecule has 0 aliphatic carbocycles. The van der Waals surface area contributed by atoms with Gasteiger partial charge >= 0.3 is 0 Å². The van der Waals surface area contributed by atoms with E-state index in [1.807, 2.05) is 0 Å². The molecule has 0 spiro atoms. The van der Waals surface area contributed by atoms with E-state index in [1.165, 1.54) is 0 Å². The normalized spacial score (nSPS) is 10.3. The summed E-state index contributed by atoms with van der Waals surface area (Å²) in [6.45, 7) is 0. The fourth-order valence-corrected chi connectivity index (χ4v) is 1.22. The predicted octanol–water partition coefficient (Wildman–Crippen LogP) is 2.37. The van der Waals surface area contributed by atoms with E-state index in [9.17, 15) is 0 Å². The summed E-state index contributed by atoms with van der Waals surface area (Å²) in [4.78, 5) is 3.70. The minimum absolute atomic E-state index is 0.495. The van der Waals surface area contributed by atoms with Crippen molar-refractivity contribution in [2.75, 3.05) is 0 Å². The van der Waals surface area contributed by atoms with Gasteiger partial charge in [-0.15, -0.1) is 5.10 Å². The Bertz CT molecular complexity index is 411. The van der Waals surface area contributed by atoms with Crippen LogP contribution in [0.1, 0.15) is 0 Å². The standard InChI is InChI=1S/C8H4Cl2N3/c9-7-2-1-6(3-8(7)10)13-5-11-4-12-13/h1-3,5H. The van der Waals surface area contributed by atoms with Crippen molar-refractivity contribution in [3.63, 3.8) is 0 Å². The van der Waals surface area contributed by atoms with Gasteiger partial charge in [0.2, 0.25) is 6.33 Å². The van der Waals surface area contributed by atoms with Crippen molar-refractivity contribution in [1.82, 2.24) is 14.8 Å². The van der Waals surface area contributed by atoms with Gasteiger partial charge in [0, 0.05) is 0 Å². The maximum absolute atomic E-state index is 5.83. The van der Waals surface area contributed by atoms with Crippen LogP contribution in [-0.4, -0.2) is 14.8 Å². The smallest absolute Gasteiger partial charge is 0.220 e. The minimum atomic E-state index is 0.495. The van der Waals surface area contributed by atoms with Crippen molar-refractivity contribution >= 4 is 23.2 Å². The molecule has 0 saturated carbocycles. The van der Waals surface area contributed by atoms with Gasteiger partial charge in [0.05, 0.1) is 15.7 Å². The van der Waals surface area contributed by atoms with E-state index < -0.39 is 0 Å². The average molecular weight is 213 g/mol. The van der Waals surface area contributed by atoms with Gasteiger partial charge in [-0.2, -0.15) is 0 Å². The Morgan fingerprint density at radius 1 is 1.23 bits per heavy atom. The first-order valence-electron chi connectivity index (χ1n) is 3.50. The number of benzene rings is 1. The summed E-state index contributed by atoms with van der Waals surface area (Å²) in [5.41, 5.74) is 0.808. The molecule has 65 valence electrons. The molecule has 0 amide bonds. The van der Waals surface area contributed by atoms with E-state index in [0.717, 1.165) is 5.69 Å². The van der Waals surface area contributed by atoms with Crippen molar-refractivity contribution < 1.29 is 0 Å². The molecule has 0 aliphatic rings. The van der Waals surface area contributed by atoms with Crippen LogP contribution >= 0.6 is 23.2 Å². The maximum Gasteiger partial charge on any atom is 0.221 e. The lowest BCUT2D eigenvalue weighted by Gasteiger charge is -2.01. The molecule has 0 atom stereocenters. The quantitative estimate of drug-likeness (QED) is 0.727. The fraction of sp³-hybridized carbons (Fsp3) is 0. The molecule has 0 aliphatic heterocycles. The molecule has 1 aromatic heterocycles. The lowest BCUT2D eigenvalue weighted by atomic mass is 10.3. The first-order chi connectivity index (χ1) is 6.27. The minimum Gasteiger partial charge on any atom is -0.220 e. The van der Waals surface area contributed by atoms with Crippen LogP contribution in [0.5, 0.6) is 0 Å². The topological polar surface area (TPSA) is 30.7 Å². The molecule has 2 aromatic rings. The zero-order chi connectivity index (χ0) is 9.26. The molecule has 1 heterocycles. The number of rotatable bonds is 1. The number of aromatic nitrogens is 3. The Kier molecular flexibility index (Phi) is 2.20. The largest absolute Gasteiger partial charge is 0.221 e. The van der Waals surface area contributed by atoms with Crippen molar-refractivity contribution in [1.29, 1.82) is 0 Å². The third kappa shape index (κ3) is 1.66. The highest BCUT2D eigenvalue weighted by Gasteiger charge is 2.01. The van der Waals surface area contributed by atoms with E-state index in [1.54, 1.807) is 29.2 Å². The highest BCUT2D eigenvalue weighted by Crippen LogP contribution is 2.23. The summed E-state index contributed by atoms with van der Waals surface area (Å²) in [6, 6.07) is 5.23. The van der Waals surface area contributed by atoms with Gasteiger partial charge in [-0.3, -0.25) is 0 Å². The molecule has 13 heavy (non-hydrogen) atoms. The van der Waals surface area contributed by atoms with Gasteiger partial charge in [-0.1, -0.05) is 23.2 Å². The molecule has 3 nitrogen and oxygen atoms in total. The summed E-state index contributed by atoms with van der Waals surface area (Å²) < 4.78 is 1.56. The summed E-state index contributed by atoms with van der Waals surface area (Å²) in [5, 5.41) is 4.85. The highest BCUT2D eigenvalue weighted by atomic mass is 35.5. The molecule has 0 bridgehead atoms. The molecular weight excluding hydrogens is 209 g/mol. The molecule has 0 saturated heterocycles. The Hall–Kier alpha value is -1.06. The van der Waals surface area contributed by atoms with Crippen LogP contribution in [0.25, 0.3) is 5.69 Å². The highest BCUT2D eigenvalue weighted by molar-refractivity contribution is 6.42. The zero-order valence-electron chi connectivity index (χ0n) is 6.41. The molecule has 0 fully saturated rings. The van der Waals surface area contributed by atoms with Crippen molar-refractivity contribution in [3.05, 3.63) is 40.9 Å². The SMILES string of the molecule is Clc1ccc(-n2cn[c]n2)cc1Cl. The van der Waals surface area contributed by atoms with Crippen molar-refractivity contribution in [2.45, 2.75) is 0 Å². The Balaban J connectivity index is 2.49. The average Bonchev–Trinajstić information content (AvgIpc) is 2.62. The third-order valence-corrected chi connectivity index (χ3v) is 2.28. The van der Waals surface area contributed by atoms with Crippen LogP contribution < -0.4 is 0 Å². The number of hydrogen-bond donors (Lipinski definition) is 0. The first kappa shape index (κ1) is 8.53. The van der Waals surface area contributed by atoms with Gasteiger partial charge in [-0.05, 0) is 18.2 Å². The van der Waals surface area contributed by atoms with Crippen LogP contribution in [0.3, 0.4) is 0 Å². The second kappa shape index (κ2) is 3.36. The van der Waals surface area contributed by atoms with Crippen molar-refractivity contribution in [3.8, 4) is 5.69 Å². The number of halogens is 2. The summed E-state index contributed by atoms with van der Waals surface area (Å²) in [7, 11) is 0. The Labute approximate surface area is 84.9 Å². The van der Waals surface area contributed by atoms with E-state index in [2.05, 4.69) is 16.4 Å². The third-order valence-electron chi connectivity index (χ3n) is 1.55. The van der Waals surface area contributed by atoms with Gasteiger partial charge in [0.25, 0.3) is 0 Å². The van der Waals surface area contributed by atoms with Gasteiger partial charge in [0.1, 0.15) is 6.33 Å². The van der Waals surface area contributed by atoms with Crippen LogP contribution in [-0.2, 0) is 0 Å². The first-order valence-corrected chi connectivity index (χ1v) is 4.26. The molecule has 1 radical (unpaired) electrons. The van der Waals surface area contributed by atoms with E-state index in [4.69, 9.17) is 23.2 Å². The van der Waals surface area contributed by atoms with Gasteiger partial charge < -0.3 is 0 Å². The number of hydrogen-bond acceptors (Lipinski definition) is 2. The summed E-state index contributed by atoms with van der Waals surface area (Å²) >= 11 is 11.6. The molecular formula is C8H4Cl2N3. The second-order valence-electron chi connectivity index (χ2n) is 2.39. The molecule has 2 rings (SSSR count). The van der Waals surface area contributed by atoms with E-state index >= 15 is 0 Å².